The van der Waals surface area contributed by atoms with Crippen molar-refractivity contribution in [2.24, 2.45) is 0 Å². The van der Waals surface area contributed by atoms with E-state index in [4.69, 9.17) is 17.3 Å². The summed E-state index contributed by atoms with van der Waals surface area (Å²) in [5.41, 5.74) is 8.53. The van der Waals surface area contributed by atoms with Crippen LogP contribution in [0.15, 0.2) is 43.0 Å². The van der Waals surface area contributed by atoms with Gasteiger partial charge in [0.25, 0.3) is 0 Å². The van der Waals surface area contributed by atoms with Crippen molar-refractivity contribution in [3.05, 3.63) is 59.3 Å². The van der Waals surface area contributed by atoms with Crippen LogP contribution in [0.5, 0.6) is 0 Å². The minimum atomic E-state index is 0.335. The fraction of sp³-hybridized carbons (Fsp3) is 0.0556. The number of anilines is 3. The van der Waals surface area contributed by atoms with Gasteiger partial charge in [0, 0.05) is 29.8 Å². The lowest BCUT2D eigenvalue weighted by atomic mass is 10.1. The number of hydrogen-bond acceptors (Lipinski definition) is 7. The number of nitriles is 1. The molecule has 0 saturated heterocycles. The van der Waals surface area contributed by atoms with Crippen molar-refractivity contribution in [1.82, 2.24) is 24.7 Å². The molecule has 27 heavy (non-hydrogen) atoms. The van der Waals surface area contributed by atoms with Gasteiger partial charge in [-0.3, -0.25) is 0 Å². The van der Waals surface area contributed by atoms with Crippen molar-refractivity contribution in [3.8, 4) is 11.8 Å². The summed E-state index contributed by atoms with van der Waals surface area (Å²) in [6.07, 6.45) is 4.89. The summed E-state index contributed by atoms with van der Waals surface area (Å²) in [6, 6.07) is 8.85. The van der Waals surface area contributed by atoms with E-state index in [1.165, 1.54) is 6.33 Å². The molecule has 0 amide bonds. The maximum absolute atomic E-state index is 9.43. The van der Waals surface area contributed by atoms with Crippen molar-refractivity contribution in [1.29, 1.82) is 5.26 Å². The SMILES string of the molecule is Cc1cc(Nc2nccc3nn(-c4c(Cl)cc(N)cc4C#N)cc23)ncn1. The summed E-state index contributed by atoms with van der Waals surface area (Å²) in [5.74, 6) is 1.21. The van der Waals surface area contributed by atoms with Gasteiger partial charge in [-0.2, -0.15) is 10.4 Å². The maximum Gasteiger partial charge on any atom is 0.142 e. The van der Waals surface area contributed by atoms with Crippen LogP contribution >= 0.6 is 11.6 Å². The molecule has 1 aromatic carbocycles. The first kappa shape index (κ1) is 16.8. The van der Waals surface area contributed by atoms with E-state index in [-0.39, 0.29) is 0 Å². The Balaban J connectivity index is 1.84. The fourth-order valence-corrected chi connectivity index (χ4v) is 3.06. The molecule has 0 fully saturated rings. The molecule has 0 unspecified atom stereocenters. The third kappa shape index (κ3) is 3.12. The van der Waals surface area contributed by atoms with E-state index in [2.05, 4.69) is 31.4 Å². The van der Waals surface area contributed by atoms with Crippen LogP contribution in [0, 0.1) is 18.3 Å². The standard InChI is InChI=1S/C18H13ClN8/c1-10-4-16(24-9-23-10)25-18-13-8-27(26-15(13)2-3-22-18)17-11(7-20)5-12(21)6-14(17)19/h2-6,8-9H,21H2,1H3,(H,22,23,24,25). The zero-order valence-corrected chi connectivity index (χ0v) is 14.9. The lowest BCUT2D eigenvalue weighted by molar-refractivity contribution is 0.893. The smallest absolute Gasteiger partial charge is 0.142 e. The molecule has 3 aromatic heterocycles. The van der Waals surface area contributed by atoms with Crippen molar-refractivity contribution in [2.75, 3.05) is 11.1 Å². The van der Waals surface area contributed by atoms with Crippen molar-refractivity contribution in [3.63, 3.8) is 0 Å². The first-order chi connectivity index (χ1) is 13.0. The quantitative estimate of drug-likeness (QED) is 0.526. The Kier molecular flexibility index (Phi) is 4.06. The number of aromatic nitrogens is 5. The molecule has 0 bridgehead atoms. The number of rotatable bonds is 3. The van der Waals surface area contributed by atoms with Gasteiger partial charge in [-0.15, -0.1) is 0 Å². The Bertz CT molecular complexity index is 1210. The highest BCUT2D eigenvalue weighted by Crippen LogP contribution is 2.30. The third-order valence-electron chi connectivity index (χ3n) is 3.92. The highest BCUT2D eigenvalue weighted by Gasteiger charge is 2.15. The number of fused-ring (bicyclic) bond motifs is 1. The van der Waals surface area contributed by atoms with Crippen LogP contribution in [0.1, 0.15) is 11.3 Å². The van der Waals surface area contributed by atoms with Crippen LogP contribution in [0.2, 0.25) is 5.02 Å². The van der Waals surface area contributed by atoms with Crippen LogP contribution < -0.4 is 11.1 Å². The number of nitrogens with zero attached hydrogens (tertiary/aromatic N) is 6. The molecule has 4 aromatic rings. The van der Waals surface area contributed by atoms with E-state index in [1.807, 2.05) is 13.0 Å². The molecule has 0 saturated carbocycles. The zero-order valence-electron chi connectivity index (χ0n) is 14.2. The van der Waals surface area contributed by atoms with Crippen LogP contribution in [-0.2, 0) is 0 Å². The van der Waals surface area contributed by atoms with Gasteiger partial charge in [0.2, 0.25) is 0 Å². The summed E-state index contributed by atoms with van der Waals surface area (Å²) >= 11 is 6.32. The number of halogens is 1. The summed E-state index contributed by atoms with van der Waals surface area (Å²) < 4.78 is 1.56. The largest absolute Gasteiger partial charge is 0.399 e. The molecule has 3 N–H and O–H groups in total. The summed E-state index contributed by atoms with van der Waals surface area (Å²) in [7, 11) is 0. The van der Waals surface area contributed by atoms with Gasteiger partial charge in [-0.25, -0.2) is 19.6 Å². The van der Waals surface area contributed by atoms with Gasteiger partial charge in [-0.05, 0) is 25.1 Å². The second-order valence-electron chi connectivity index (χ2n) is 5.85. The van der Waals surface area contributed by atoms with Gasteiger partial charge in [0.15, 0.2) is 0 Å². The van der Waals surface area contributed by atoms with Crippen LogP contribution in [-0.4, -0.2) is 24.7 Å². The third-order valence-corrected chi connectivity index (χ3v) is 4.21. The molecule has 0 aliphatic carbocycles. The molecule has 0 spiro atoms. The lowest BCUT2D eigenvalue weighted by Gasteiger charge is -2.07. The predicted molar refractivity (Wildman–Crippen MR) is 103 cm³/mol. The van der Waals surface area contributed by atoms with Gasteiger partial charge in [0.1, 0.15) is 29.7 Å². The molecule has 8 nitrogen and oxygen atoms in total. The maximum atomic E-state index is 9.43. The van der Waals surface area contributed by atoms with Crippen LogP contribution in [0.4, 0.5) is 17.3 Å². The Labute approximate surface area is 159 Å². The van der Waals surface area contributed by atoms with Gasteiger partial charge in [0.05, 0.1) is 21.5 Å². The van der Waals surface area contributed by atoms with Gasteiger partial charge >= 0.3 is 0 Å². The Morgan fingerprint density at radius 2 is 2.07 bits per heavy atom. The second kappa shape index (κ2) is 6.55. The minimum Gasteiger partial charge on any atom is -0.399 e. The molecule has 4 rings (SSSR count). The molecule has 132 valence electrons. The monoisotopic (exact) mass is 376 g/mol. The Hall–Kier alpha value is -3.70. The average Bonchev–Trinajstić information content (AvgIpc) is 3.05. The van der Waals surface area contributed by atoms with E-state index < -0.39 is 0 Å². The summed E-state index contributed by atoms with van der Waals surface area (Å²) in [5, 5.41) is 18.2. The fourth-order valence-electron chi connectivity index (χ4n) is 2.74. The topological polar surface area (TPSA) is 118 Å². The number of hydrogen-bond donors (Lipinski definition) is 2. The van der Waals surface area contributed by atoms with E-state index in [0.29, 0.717) is 39.1 Å². The number of benzene rings is 1. The number of pyridine rings is 1. The molecule has 0 aliphatic rings. The normalized spacial score (nSPS) is 10.7. The van der Waals surface area contributed by atoms with Crippen molar-refractivity contribution < 1.29 is 0 Å². The van der Waals surface area contributed by atoms with Crippen molar-refractivity contribution >= 4 is 39.8 Å². The Morgan fingerprint density at radius 1 is 1.22 bits per heavy atom. The first-order valence-corrected chi connectivity index (χ1v) is 8.32. The van der Waals surface area contributed by atoms with E-state index in [9.17, 15) is 5.26 Å². The minimum absolute atomic E-state index is 0.335. The molecule has 9 heteroatoms. The number of nitrogens with one attached hydrogen (secondary N) is 1. The second-order valence-corrected chi connectivity index (χ2v) is 6.25. The van der Waals surface area contributed by atoms with Crippen LogP contribution in [0.3, 0.4) is 0 Å². The number of aryl methyl sites for hydroxylation is 1. The summed E-state index contributed by atoms with van der Waals surface area (Å²) in [4.78, 5) is 12.6. The number of nitrogens with two attached hydrogens (primary N) is 1. The predicted octanol–water partition coefficient (Wildman–Crippen LogP) is 3.37. The van der Waals surface area contributed by atoms with Gasteiger partial charge in [-0.1, -0.05) is 11.6 Å². The molecule has 0 aliphatic heterocycles. The zero-order chi connectivity index (χ0) is 19.0. The van der Waals surface area contributed by atoms with E-state index >= 15 is 0 Å². The van der Waals surface area contributed by atoms with E-state index in [0.717, 1.165) is 11.1 Å². The first-order valence-electron chi connectivity index (χ1n) is 7.94. The molecule has 3 heterocycles. The van der Waals surface area contributed by atoms with Crippen LogP contribution in [0.25, 0.3) is 16.6 Å². The highest BCUT2D eigenvalue weighted by molar-refractivity contribution is 6.33. The molecular weight excluding hydrogens is 364 g/mol. The summed E-state index contributed by atoms with van der Waals surface area (Å²) in [6.45, 7) is 1.88. The van der Waals surface area contributed by atoms with Crippen molar-refractivity contribution in [2.45, 2.75) is 6.92 Å². The molecule has 0 radical (unpaired) electrons. The molecule has 0 atom stereocenters. The lowest BCUT2D eigenvalue weighted by Crippen LogP contribution is -2.00. The molecular formula is C18H13ClN8. The average molecular weight is 377 g/mol. The number of nitrogen functional groups attached to an aromatic ring is 1. The Morgan fingerprint density at radius 3 is 2.85 bits per heavy atom. The van der Waals surface area contributed by atoms with E-state index in [1.54, 1.807) is 35.3 Å². The highest BCUT2D eigenvalue weighted by atomic mass is 35.5. The van der Waals surface area contributed by atoms with Gasteiger partial charge < -0.3 is 11.1 Å².